The van der Waals surface area contributed by atoms with Crippen LogP contribution >= 0.6 is 12.4 Å². The molecule has 0 radical (unpaired) electrons. The Labute approximate surface area is 184 Å². The summed E-state index contributed by atoms with van der Waals surface area (Å²) in [6.45, 7) is 1.16. The number of hydrogen-bond acceptors (Lipinski definition) is 5. The van der Waals surface area contributed by atoms with Crippen molar-refractivity contribution in [3.63, 3.8) is 0 Å². The first-order valence-corrected chi connectivity index (χ1v) is 9.89. The molecular weight excluding hydrogens is 426 g/mol. The number of nitrogens with one attached hydrogen (secondary N) is 1. The van der Waals surface area contributed by atoms with Crippen molar-refractivity contribution in [3.8, 4) is 0 Å². The van der Waals surface area contributed by atoms with Gasteiger partial charge in [-0.1, -0.05) is 0 Å². The molecule has 2 aromatic carbocycles. The molecule has 0 amide bonds. The van der Waals surface area contributed by atoms with Crippen molar-refractivity contribution in [2.24, 2.45) is 11.5 Å². The van der Waals surface area contributed by atoms with E-state index in [-0.39, 0.29) is 43.4 Å². The van der Waals surface area contributed by atoms with Gasteiger partial charge in [0.25, 0.3) is 0 Å². The van der Waals surface area contributed by atoms with Crippen LogP contribution in [-0.4, -0.2) is 26.6 Å². The van der Waals surface area contributed by atoms with Crippen LogP contribution in [0.5, 0.6) is 0 Å². The summed E-state index contributed by atoms with van der Waals surface area (Å²) in [4.78, 5) is 0. The van der Waals surface area contributed by atoms with E-state index in [9.17, 15) is 8.78 Å². The Morgan fingerprint density at radius 1 is 1.00 bits per heavy atom. The molecule has 5 N–H and O–H groups in total. The zero-order chi connectivity index (χ0) is 21.1. The highest BCUT2D eigenvalue weighted by atomic mass is 35.5. The van der Waals surface area contributed by atoms with Crippen LogP contribution in [0.25, 0.3) is 21.8 Å². The molecule has 10 heteroatoms. The normalized spacial score (nSPS) is 16.1. The van der Waals surface area contributed by atoms with Crippen LogP contribution in [0.4, 0.5) is 8.78 Å². The minimum Gasteiger partial charge on any atom is -0.356 e. The van der Waals surface area contributed by atoms with Crippen LogP contribution < -0.4 is 11.5 Å². The fourth-order valence-corrected chi connectivity index (χ4v) is 3.59. The molecule has 1 aliphatic rings. The molecule has 1 atom stereocenters. The van der Waals surface area contributed by atoms with Gasteiger partial charge in [0.15, 0.2) is 6.23 Å². The number of rotatable bonds is 3. The van der Waals surface area contributed by atoms with E-state index in [0.29, 0.717) is 16.6 Å². The summed E-state index contributed by atoms with van der Waals surface area (Å²) in [7, 11) is 0. The third-order valence-corrected chi connectivity index (χ3v) is 5.24. The molecule has 0 spiro atoms. The van der Waals surface area contributed by atoms with Crippen LogP contribution in [0.2, 0.25) is 0 Å². The predicted molar refractivity (Wildman–Crippen MR) is 118 cm³/mol. The summed E-state index contributed by atoms with van der Waals surface area (Å²) in [6, 6.07) is 6.37. The lowest BCUT2D eigenvalue weighted by Crippen LogP contribution is -2.19. The molecule has 1 unspecified atom stereocenters. The SMILES string of the molecule is Cl.NCc1cc2cn[nH]c2cc1F.NCc1cc2cnn(C3CCCCO3)c2cc1F. The number of aromatic amines is 1. The average Bonchev–Trinajstić information content (AvgIpc) is 3.39. The lowest BCUT2D eigenvalue weighted by atomic mass is 10.1. The molecular formula is C21H25ClF2N6O. The third kappa shape index (κ3) is 4.85. The van der Waals surface area contributed by atoms with Crippen molar-refractivity contribution in [1.29, 1.82) is 0 Å². The van der Waals surface area contributed by atoms with Crippen molar-refractivity contribution in [1.82, 2.24) is 20.0 Å². The number of ether oxygens (including phenoxy) is 1. The van der Waals surface area contributed by atoms with Gasteiger partial charge in [0.1, 0.15) is 11.6 Å². The van der Waals surface area contributed by atoms with E-state index in [1.54, 1.807) is 29.2 Å². The number of aromatic nitrogens is 4. The van der Waals surface area contributed by atoms with E-state index in [1.165, 1.54) is 12.1 Å². The van der Waals surface area contributed by atoms with Crippen LogP contribution in [0, 0.1) is 11.6 Å². The highest BCUT2D eigenvalue weighted by Gasteiger charge is 2.19. The molecule has 0 aliphatic carbocycles. The topological polar surface area (TPSA) is 108 Å². The second-order valence-corrected chi connectivity index (χ2v) is 7.22. The first kappa shape index (κ1) is 23.1. The van der Waals surface area contributed by atoms with Gasteiger partial charge in [0.2, 0.25) is 0 Å². The van der Waals surface area contributed by atoms with Gasteiger partial charge in [0, 0.05) is 47.7 Å². The largest absolute Gasteiger partial charge is 0.356 e. The minimum absolute atomic E-state index is 0. The van der Waals surface area contributed by atoms with Crippen LogP contribution in [0.1, 0.15) is 36.6 Å². The van der Waals surface area contributed by atoms with E-state index in [0.717, 1.165) is 42.2 Å². The summed E-state index contributed by atoms with van der Waals surface area (Å²) >= 11 is 0. The van der Waals surface area contributed by atoms with E-state index >= 15 is 0 Å². The number of nitrogens with zero attached hydrogens (tertiary/aromatic N) is 3. The van der Waals surface area contributed by atoms with Crippen molar-refractivity contribution in [2.45, 2.75) is 38.6 Å². The number of nitrogens with two attached hydrogens (primary N) is 2. The van der Waals surface area contributed by atoms with E-state index in [2.05, 4.69) is 15.3 Å². The van der Waals surface area contributed by atoms with Crippen LogP contribution in [0.15, 0.2) is 36.7 Å². The molecule has 0 bridgehead atoms. The predicted octanol–water partition coefficient (Wildman–Crippen LogP) is 3.92. The Bertz CT molecular complexity index is 1160. The Morgan fingerprint density at radius 2 is 1.71 bits per heavy atom. The molecule has 3 heterocycles. The number of benzene rings is 2. The van der Waals surface area contributed by atoms with Crippen molar-refractivity contribution < 1.29 is 13.5 Å². The van der Waals surface area contributed by atoms with Gasteiger partial charge in [-0.15, -0.1) is 12.4 Å². The summed E-state index contributed by atoms with van der Waals surface area (Å²) in [5.74, 6) is -0.559. The second kappa shape index (κ2) is 10.1. The fourth-order valence-electron chi connectivity index (χ4n) is 3.59. The lowest BCUT2D eigenvalue weighted by Gasteiger charge is -2.23. The zero-order valence-corrected chi connectivity index (χ0v) is 17.7. The highest BCUT2D eigenvalue weighted by Crippen LogP contribution is 2.27. The molecule has 1 aliphatic heterocycles. The van der Waals surface area contributed by atoms with E-state index in [4.69, 9.17) is 16.2 Å². The van der Waals surface area contributed by atoms with Crippen molar-refractivity contribution in [3.05, 3.63) is 59.4 Å². The molecule has 166 valence electrons. The number of H-pyrrole nitrogens is 1. The summed E-state index contributed by atoms with van der Waals surface area (Å²) in [6.07, 6.45) is 6.45. The quantitative estimate of drug-likeness (QED) is 0.438. The Kier molecular flexibility index (Phi) is 7.55. The van der Waals surface area contributed by atoms with Gasteiger partial charge in [-0.3, -0.25) is 5.10 Å². The maximum atomic E-state index is 13.8. The molecule has 2 aromatic heterocycles. The number of halogens is 3. The number of hydrogen-bond donors (Lipinski definition) is 3. The van der Waals surface area contributed by atoms with Gasteiger partial charge < -0.3 is 16.2 Å². The molecule has 7 nitrogen and oxygen atoms in total. The van der Waals surface area contributed by atoms with Gasteiger partial charge in [-0.05, 0) is 37.5 Å². The maximum Gasteiger partial charge on any atom is 0.150 e. The fraction of sp³-hybridized carbons (Fsp3) is 0.333. The van der Waals surface area contributed by atoms with Gasteiger partial charge in [-0.25, -0.2) is 13.5 Å². The molecule has 4 aromatic rings. The summed E-state index contributed by atoms with van der Waals surface area (Å²) in [5, 5.41) is 12.6. The second-order valence-electron chi connectivity index (χ2n) is 7.22. The average molecular weight is 451 g/mol. The Morgan fingerprint density at radius 3 is 2.39 bits per heavy atom. The Hall–Kier alpha value is -2.59. The third-order valence-electron chi connectivity index (χ3n) is 5.24. The van der Waals surface area contributed by atoms with Crippen molar-refractivity contribution >= 4 is 34.2 Å². The minimum atomic E-state index is -0.283. The monoisotopic (exact) mass is 450 g/mol. The van der Waals surface area contributed by atoms with Crippen LogP contribution in [-0.2, 0) is 17.8 Å². The van der Waals surface area contributed by atoms with E-state index in [1.807, 2.05) is 0 Å². The molecule has 5 rings (SSSR count). The smallest absolute Gasteiger partial charge is 0.150 e. The van der Waals surface area contributed by atoms with Gasteiger partial charge in [-0.2, -0.15) is 10.2 Å². The van der Waals surface area contributed by atoms with Crippen LogP contribution in [0.3, 0.4) is 0 Å². The van der Waals surface area contributed by atoms with E-state index < -0.39 is 0 Å². The standard InChI is InChI=1S/C13H16FN3O.C8H8FN3.ClH/c14-11-6-12-10(5-9(11)7-15)8-16-17(12)13-3-1-2-4-18-13;9-7-2-8-6(4-11-12-8)1-5(7)3-10;/h5-6,8,13H,1-4,7,15H2;1-2,4H,3,10H2,(H,11,12);1H. The first-order valence-electron chi connectivity index (χ1n) is 9.89. The highest BCUT2D eigenvalue weighted by molar-refractivity contribution is 5.85. The van der Waals surface area contributed by atoms with Gasteiger partial charge in [0.05, 0.1) is 23.4 Å². The number of fused-ring (bicyclic) bond motifs is 2. The molecule has 31 heavy (non-hydrogen) atoms. The lowest BCUT2D eigenvalue weighted by molar-refractivity contribution is -0.0366. The summed E-state index contributed by atoms with van der Waals surface area (Å²) < 4.78 is 34.3. The molecule has 1 saturated heterocycles. The van der Waals surface area contributed by atoms with Gasteiger partial charge >= 0.3 is 0 Å². The first-order chi connectivity index (χ1) is 14.6. The zero-order valence-electron chi connectivity index (χ0n) is 16.9. The molecule has 1 fully saturated rings. The maximum absolute atomic E-state index is 13.8. The Balaban J connectivity index is 0.000000183. The van der Waals surface area contributed by atoms with Crippen molar-refractivity contribution in [2.75, 3.05) is 6.61 Å². The molecule has 0 saturated carbocycles. The summed E-state index contributed by atoms with van der Waals surface area (Å²) in [5.41, 5.74) is 13.4.